The summed E-state index contributed by atoms with van der Waals surface area (Å²) in [5, 5.41) is 0. The first-order chi connectivity index (χ1) is 11.7. The van der Waals surface area contributed by atoms with Crippen LogP contribution in [0.2, 0.25) is 0 Å². The van der Waals surface area contributed by atoms with Crippen LogP contribution >= 0.6 is 0 Å². The van der Waals surface area contributed by atoms with Gasteiger partial charge >= 0.3 is 0 Å². The van der Waals surface area contributed by atoms with Crippen LogP contribution in [-0.4, -0.2) is 61.5 Å². The Bertz CT molecular complexity index is 869. The highest BCUT2D eigenvalue weighted by atomic mass is 16.2. The minimum absolute atomic E-state index is 0.0105. The highest BCUT2D eigenvalue weighted by Gasteiger charge is 2.24. The number of aromatic nitrogens is 5. The van der Waals surface area contributed by atoms with Gasteiger partial charge in [-0.1, -0.05) is 0 Å². The fourth-order valence-corrected chi connectivity index (χ4v) is 2.88. The zero-order chi connectivity index (χ0) is 16.5. The molecule has 0 saturated carbocycles. The van der Waals surface area contributed by atoms with Crippen molar-refractivity contribution < 1.29 is 4.79 Å². The number of anilines is 1. The number of hydrogen-bond donors (Lipinski definition) is 0. The Hall–Kier alpha value is -3.03. The summed E-state index contributed by atoms with van der Waals surface area (Å²) in [6, 6.07) is 3.60. The molecule has 1 aliphatic rings. The van der Waals surface area contributed by atoms with Crippen LogP contribution in [-0.2, 0) is 7.05 Å². The van der Waals surface area contributed by atoms with E-state index in [0.29, 0.717) is 24.6 Å². The summed E-state index contributed by atoms with van der Waals surface area (Å²) in [7, 11) is 1.88. The summed E-state index contributed by atoms with van der Waals surface area (Å²) in [4.78, 5) is 33.7. The minimum Gasteiger partial charge on any atom is -0.337 e. The van der Waals surface area contributed by atoms with Crippen molar-refractivity contribution in [3.8, 4) is 0 Å². The maximum absolute atomic E-state index is 12.7. The van der Waals surface area contributed by atoms with Crippen LogP contribution in [0.1, 0.15) is 10.4 Å². The molecule has 4 heterocycles. The first kappa shape index (κ1) is 14.6. The highest BCUT2D eigenvalue weighted by Crippen LogP contribution is 2.15. The number of imidazole rings is 1. The van der Waals surface area contributed by atoms with Gasteiger partial charge in [0.05, 0.1) is 11.9 Å². The van der Waals surface area contributed by atoms with E-state index >= 15 is 0 Å². The summed E-state index contributed by atoms with van der Waals surface area (Å²) in [6.07, 6.45) is 6.78. The number of rotatable bonds is 2. The third-order valence-corrected chi connectivity index (χ3v) is 4.20. The van der Waals surface area contributed by atoms with Crippen molar-refractivity contribution in [2.24, 2.45) is 7.05 Å². The predicted octanol–water partition coefficient (Wildman–Crippen LogP) is 0.721. The van der Waals surface area contributed by atoms with Crippen molar-refractivity contribution in [1.82, 2.24) is 29.4 Å². The quantitative estimate of drug-likeness (QED) is 0.691. The van der Waals surface area contributed by atoms with Crippen LogP contribution < -0.4 is 4.90 Å². The van der Waals surface area contributed by atoms with Crippen molar-refractivity contribution >= 4 is 23.0 Å². The molecule has 122 valence electrons. The number of amides is 1. The highest BCUT2D eigenvalue weighted by molar-refractivity contribution is 5.96. The zero-order valence-corrected chi connectivity index (χ0v) is 13.3. The van der Waals surface area contributed by atoms with Gasteiger partial charge in [-0.25, -0.2) is 19.9 Å². The molecule has 1 aliphatic heterocycles. The van der Waals surface area contributed by atoms with Crippen LogP contribution in [0.15, 0.2) is 37.1 Å². The van der Waals surface area contributed by atoms with Gasteiger partial charge in [0.25, 0.3) is 5.91 Å². The van der Waals surface area contributed by atoms with Gasteiger partial charge in [0.15, 0.2) is 5.65 Å². The lowest BCUT2D eigenvalue weighted by Crippen LogP contribution is -2.49. The molecular weight excluding hydrogens is 306 g/mol. The number of hydrogen-bond acceptors (Lipinski definition) is 6. The smallest absolute Gasteiger partial charge is 0.255 e. The standard InChI is InChI=1S/C16H17N7O/c1-21-11-20-13-9-12(10-19-14(13)21)15(24)22-5-7-23(8-6-22)16-17-3-2-4-18-16/h2-4,9-11H,5-8H2,1H3. The fraction of sp³-hybridized carbons (Fsp3) is 0.312. The third kappa shape index (κ3) is 2.55. The third-order valence-electron chi connectivity index (χ3n) is 4.20. The Balaban J connectivity index is 1.47. The van der Waals surface area contributed by atoms with E-state index in [9.17, 15) is 4.79 Å². The molecule has 8 heteroatoms. The van der Waals surface area contributed by atoms with Crippen molar-refractivity contribution in [3.63, 3.8) is 0 Å². The maximum atomic E-state index is 12.7. The number of aryl methyl sites for hydroxylation is 1. The van der Waals surface area contributed by atoms with E-state index in [1.165, 1.54) is 0 Å². The molecule has 24 heavy (non-hydrogen) atoms. The second-order valence-electron chi connectivity index (χ2n) is 5.75. The number of nitrogens with zero attached hydrogens (tertiary/aromatic N) is 7. The Kier molecular flexibility index (Phi) is 3.56. The lowest BCUT2D eigenvalue weighted by molar-refractivity contribution is 0.0746. The molecule has 0 N–H and O–H groups in total. The fourth-order valence-electron chi connectivity index (χ4n) is 2.88. The van der Waals surface area contributed by atoms with Gasteiger partial charge in [-0.05, 0) is 12.1 Å². The van der Waals surface area contributed by atoms with Gasteiger partial charge in [-0.15, -0.1) is 0 Å². The SMILES string of the molecule is Cn1cnc2cc(C(=O)N3CCN(c4ncccn4)CC3)cnc21. The lowest BCUT2D eigenvalue weighted by atomic mass is 10.2. The summed E-state index contributed by atoms with van der Waals surface area (Å²) >= 11 is 0. The Morgan fingerprint density at radius 2 is 1.79 bits per heavy atom. The molecule has 1 amide bonds. The van der Waals surface area contributed by atoms with E-state index in [1.807, 2.05) is 16.5 Å². The van der Waals surface area contributed by atoms with Gasteiger partial charge in [-0.2, -0.15) is 0 Å². The second-order valence-corrected chi connectivity index (χ2v) is 5.75. The molecule has 0 radical (unpaired) electrons. The first-order valence-corrected chi connectivity index (χ1v) is 7.81. The molecule has 0 spiro atoms. The summed E-state index contributed by atoms with van der Waals surface area (Å²) in [5.41, 5.74) is 2.09. The molecule has 0 atom stereocenters. The van der Waals surface area contributed by atoms with Gasteiger partial charge in [0, 0.05) is 51.8 Å². The van der Waals surface area contributed by atoms with Gasteiger partial charge in [0.2, 0.25) is 5.95 Å². The topological polar surface area (TPSA) is 80.0 Å². The van der Waals surface area contributed by atoms with Crippen molar-refractivity contribution in [2.45, 2.75) is 0 Å². The van der Waals surface area contributed by atoms with Gasteiger partial charge in [0.1, 0.15) is 5.52 Å². The molecule has 3 aromatic rings. The maximum Gasteiger partial charge on any atom is 0.255 e. The van der Waals surface area contributed by atoms with E-state index < -0.39 is 0 Å². The number of pyridine rings is 1. The molecule has 0 bridgehead atoms. The van der Waals surface area contributed by atoms with Gasteiger partial charge in [-0.3, -0.25) is 4.79 Å². The predicted molar refractivity (Wildman–Crippen MR) is 88.7 cm³/mol. The van der Waals surface area contributed by atoms with E-state index in [1.54, 1.807) is 37.1 Å². The number of carbonyl (C=O) groups is 1. The van der Waals surface area contributed by atoms with Gasteiger partial charge < -0.3 is 14.4 Å². The Morgan fingerprint density at radius 1 is 1.04 bits per heavy atom. The van der Waals surface area contributed by atoms with Crippen LogP contribution in [0.3, 0.4) is 0 Å². The lowest BCUT2D eigenvalue weighted by Gasteiger charge is -2.34. The van der Waals surface area contributed by atoms with E-state index in [4.69, 9.17) is 0 Å². The molecule has 0 aromatic carbocycles. The first-order valence-electron chi connectivity index (χ1n) is 7.81. The molecule has 1 saturated heterocycles. The summed E-state index contributed by atoms with van der Waals surface area (Å²) < 4.78 is 1.84. The normalized spacial score (nSPS) is 15.0. The van der Waals surface area contributed by atoms with Crippen LogP contribution in [0, 0.1) is 0 Å². The van der Waals surface area contributed by atoms with Crippen molar-refractivity contribution in [2.75, 3.05) is 31.1 Å². The monoisotopic (exact) mass is 323 g/mol. The summed E-state index contributed by atoms with van der Waals surface area (Å²) in [6.45, 7) is 2.71. The van der Waals surface area contributed by atoms with Crippen LogP contribution in [0.4, 0.5) is 5.95 Å². The van der Waals surface area contributed by atoms with Crippen molar-refractivity contribution in [3.05, 3.63) is 42.6 Å². The van der Waals surface area contributed by atoms with E-state index in [0.717, 1.165) is 24.3 Å². The van der Waals surface area contributed by atoms with E-state index in [2.05, 4.69) is 24.8 Å². The second kappa shape index (κ2) is 5.88. The molecule has 3 aromatic heterocycles. The average molecular weight is 323 g/mol. The number of carbonyl (C=O) groups excluding carboxylic acids is 1. The molecular formula is C16H17N7O. The average Bonchev–Trinajstić information content (AvgIpc) is 3.02. The molecule has 1 fully saturated rings. The molecule has 8 nitrogen and oxygen atoms in total. The largest absolute Gasteiger partial charge is 0.337 e. The van der Waals surface area contributed by atoms with Crippen LogP contribution in [0.5, 0.6) is 0 Å². The number of fused-ring (bicyclic) bond motifs is 1. The van der Waals surface area contributed by atoms with Crippen molar-refractivity contribution in [1.29, 1.82) is 0 Å². The Morgan fingerprint density at radius 3 is 2.54 bits per heavy atom. The molecule has 4 rings (SSSR count). The van der Waals surface area contributed by atoms with E-state index in [-0.39, 0.29) is 5.91 Å². The zero-order valence-electron chi connectivity index (χ0n) is 13.3. The summed E-state index contributed by atoms with van der Waals surface area (Å²) in [5.74, 6) is 0.699. The molecule has 0 aliphatic carbocycles. The van der Waals surface area contributed by atoms with Crippen LogP contribution in [0.25, 0.3) is 11.2 Å². The minimum atomic E-state index is -0.0105. The Labute approximate surface area is 138 Å². The number of piperazine rings is 1. The molecule has 0 unspecified atom stereocenters.